The fourth-order valence-electron chi connectivity index (χ4n) is 2.06. The van der Waals surface area contributed by atoms with E-state index in [1.54, 1.807) is 11.0 Å². The first-order chi connectivity index (χ1) is 11.5. The van der Waals surface area contributed by atoms with Crippen LogP contribution in [0.25, 0.3) is 6.08 Å². The van der Waals surface area contributed by atoms with E-state index in [4.69, 9.17) is 4.42 Å². The highest BCUT2D eigenvalue weighted by Crippen LogP contribution is 2.35. The van der Waals surface area contributed by atoms with E-state index < -0.39 is 0 Å². The highest BCUT2D eigenvalue weighted by molar-refractivity contribution is 14.1. The Hall–Kier alpha value is -0.580. The maximum atomic E-state index is 12.6. The molecular formula is C16H11Br2IN2O2S. The van der Waals surface area contributed by atoms with Gasteiger partial charge in [-0.2, -0.15) is 0 Å². The minimum Gasteiger partial charge on any atom is -0.450 e. The van der Waals surface area contributed by atoms with Crippen LogP contribution in [0.4, 0.5) is 5.69 Å². The van der Waals surface area contributed by atoms with Gasteiger partial charge < -0.3 is 4.42 Å². The molecule has 1 fully saturated rings. The third kappa shape index (κ3) is 3.97. The van der Waals surface area contributed by atoms with Crippen LogP contribution in [0.1, 0.15) is 12.7 Å². The van der Waals surface area contributed by atoms with E-state index in [1.165, 1.54) is 11.8 Å². The zero-order valence-electron chi connectivity index (χ0n) is 12.4. The van der Waals surface area contributed by atoms with Gasteiger partial charge in [0.15, 0.2) is 8.93 Å². The maximum Gasteiger partial charge on any atom is 0.266 e. The van der Waals surface area contributed by atoms with Crippen molar-refractivity contribution in [2.75, 3.05) is 6.54 Å². The Morgan fingerprint density at radius 3 is 2.62 bits per heavy atom. The summed E-state index contributed by atoms with van der Waals surface area (Å²) in [5, 5.41) is 0.677. The summed E-state index contributed by atoms with van der Waals surface area (Å²) >= 11 is 10.3. The average molecular weight is 582 g/mol. The van der Waals surface area contributed by atoms with Gasteiger partial charge in [-0.3, -0.25) is 9.69 Å². The van der Waals surface area contributed by atoms with E-state index in [1.807, 2.05) is 37.3 Å². The molecule has 1 aliphatic rings. The SMILES string of the molecule is CCN1C(=O)/C(=C/c2cc(Br)c(I)o2)SC1=Nc1ccc(Br)cc1. The zero-order valence-corrected chi connectivity index (χ0v) is 18.6. The number of amidine groups is 1. The van der Waals surface area contributed by atoms with E-state index >= 15 is 0 Å². The number of amides is 1. The Morgan fingerprint density at radius 1 is 1.33 bits per heavy atom. The number of thioether (sulfide) groups is 1. The van der Waals surface area contributed by atoms with E-state index in [-0.39, 0.29) is 5.91 Å². The smallest absolute Gasteiger partial charge is 0.266 e. The molecular weight excluding hydrogens is 571 g/mol. The van der Waals surface area contributed by atoms with Gasteiger partial charge in [-0.05, 0) is 64.9 Å². The molecule has 2 aromatic rings. The molecule has 1 aromatic carbocycles. The van der Waals surface area contributed by atoms with Crippen LogP contribution in [0, 0.1) is 3.77 Å². The van der Waals surface area contributed by atoms with Crippen LogP contribution in [-0.2, 0) is 4.79 Å². The highest BCUT2D eigenvalue weighted by Gasteiger charge is 2.32. The zero-order chi connectivity index (χ0) is 17.3. The van der Waals surface area contributed by atoms with Gasteiger partial charge in [0.05, 0.1) is 15.1 Å². The number of carbonyl (C=O) groups excluding carboxylic acids is 1. The number of aliphatic imine (C=N–C) groups is 1. The van der Waals surface area contributed by atoms with Crippen LogP contribution in [-0.4, -0.2) is 22.5 Å². The number of halogens is 3. The lowest BCUT2D eigenvalue weighted by Gasteiger charge is -2.11. The van der Waals surface area contributed by atoms with E-state index in [0.717, 1.165) is 18.4 Å². The fraction of sp³-hybridized carbons (Fsp3) is 0.125. The van der Waals surface area contributed by atoms with Crippen LogP contribution < -0.4 is 0 Å². The van der Waals surface area contributed by atoms with Gasteiger partial charge in [0, 0.05) is 39.7 Å². The normalized spacial score (nSPS) is 18.2. The Labute approximate surface area is 174 Å². The van der Waals surface area contributed by atoms with Gasteiger partial charge in [-0.1, -0.05) is 15.9 Å². The van der Waals surface area contributed by atoms with Crippen LogP contribution in [0.5, 0.6) is 0 Å². The summed E-state index contributed by atoms with van der Waals surface area (Å²) in [6, 6.07) is 9.52. The van der Waals surface area contributed by atoms with E-state index in [2.05, 4.69) is 59.4 Å². The number of carbonyl (C=O) groups is 1. The maximum absolute atomic E-state index is 12.6. The van der Waals surface area contributed by atoms with Crippen LogP contribution in [0.2, 0.25) is 0 Å². The van der Waals surface area contributed by atoms with Crippen molar-refractivity contribution in [1.82, 2.24) is 4.90 Å². The molecule has 0 bridgehead atoms. The summed E-state index contributed by atoms with van der Waals surface area (Å²) in [5.74, 6) is 0.587. The second-order valence-electron chi connectivity index (χ2n) is 4.80. The molecule has 2 heterocycles. The van der Waals surface area contributed by atoms with E-state index in [0.29, 0.717) is 22.4 Å². The first-order valence-electron chi connectivity index (χ1n) is 6.98. The number of nitrogens with zero attached hydrogens (tertiary/aromatic N) is 2. The molecule has 0 N–H and O–H groups in total. The molecule has 1 amide bonds. The Bertz CT molecular complexity index is 827. The average Bonchev–Trinajstić information content (AvgIpc) is 3.01. The molecule has 0 atom stereocenters. The minimum atomic E-state index is -0.0547. The molecule has 4 nitrogen and oxygen atoms in total. The van der Waals surface area contributed by atoms with Crippen LogP contribution >= 0.6 is 66.2 Å². The minimum absolute atomic E-state index is 0.0547. The molecule has 1 saturated heterocycles. The number of hydrogen-bond donors (Lipinski definition) is 0. The number of rotatable bonds is 3. The molecule has 1 aromatic heterocycles. The van der Waals surface area contributed by atoms with Crippen molar-refractivity contribution >= 4 is 89.1 Å². The molecule has 124 valence electrons. The van der Waals surface area contributed by atoms with Gasteiger partial charge in [0.1, 0.15) is 5.76 Å². The predicted octanol–water partition coefficient (Wildman–Crippen LogP) is 6.03. The molecule has 24 heavy (non-hydrogen) atoms. The summed E-state index contributed by atoms with van der Waals surface area (Å²) in [5.41, 5.74) is 0.809. The first kappa shape index (κ1) is 18.2. The molecule has 0 unspecified atom stereocenters. The lowest BCUT2D eigenvalue weighted by molar-refractivity contribution is -0.122. The molecule has 1 aliphatic heterocycles. The Balaban J connectivity index is 1.92. The van der Waals surface area contributed by atoms with Crippen molar-refractivity contribution in [3.8, 4) is 0 Å². The van der Waals surface area contributed by atoms with Crippen molar-refractivity contribution in [1.29, 1.82) is 0 Å². The molecule has 0 aliphatic carbocycles. The number of likely N-dealkylation sites (N-methyl/N-ethyl adjacent to an activating group) is 1. The lowest BCUT2D eigenvalue weighted by atomic mass is 10.3. The number of benzene rings is 1. The lowest BCUT2D eigenvalue weighted by Crippen LogP contribution is -2.28. The van der Waals surface area contributed by atoms with Crippen molar-refractivity contribution < 1.29 is 9.21 Å². The standard InChI is InChI=1S/C16H11Br2IN2O2S/c1-2-21-15(22)13(8-11-7-12(18)14(19)23-11)24-16(21)20-10-5-3-9(17)4-6-10/h3-8H,2H2,1H3/b13-8-,20-16?. The first-order valence-corrected chi connectivity index (χ1v) is 10.5. The predicted molar refractivity (Wildman–Crippen MR) is 113 cm³/mol. The topological polar surface area (TPSA) is 45.8 Å². The summed E-state index contributed by atoms with van der Waals surface area (Å²) in [6.07, 6.45) is 1.76. The molecule has 3 rings (SSSR count). The highest BCUT2D eigenvalue weighted by atomic mass is 127. The van der Waals surface area contributed by atoms with Crippen molar-refractivity contribution in [2.24, 2.45) is 4.99 Å². The van der Waals surface area contributed by atoms with Crippen molar-refractivity contribution in [3.05, 3.63) is 53.7 Å². The van der Waals surface area contributed by atoms with Crippen molar-refractivity contribution in [3.63, 3.8) is 0 Å². The van der Waals surface area contributed by atoms with Gasteiger partial charge in [0.25, 0.3) is 5.91 Å². The third-order valence-corrected chi connectivity index (χ3v) is 6.86. The Kier molecular flexibility index (Phi) is 5.89. The second-order valence-corrected chi connectivity index (χ2v) is 8.56. The number of hydrogen-bond acceptors (Lipinski definition) is 4. The summed E-state index contributed by atoms with van der Waals surface area (Å²) < 4.78 is 8.22. The summed E-state index contributed by atoms with van der Waals surface area (Å²) in [7, 11) is 0. The van der Waals surface area contributed by atoms with Crippen molar-refractivity contribution in [2.45, 2.75) is 6.92 Å². The van der Waals surface area contributed by atoms with Gasteiger partial charge in [-0.25, -0.2) is 4.99 Å². The summed E-state index contributed by atoms with van der Waals surface area (Å²) in [6.45, 7) is 2.50. The molecule has 0 saturated carbocycles. The molecule has 0 radical (unpaired) electrons. The monoisotopic (exact) mass is 580 g/mol. The molecule has 8 heteroatoms. The van der Waals surface area contributed by atoms with Gasteiger partial charge >= 0.3 is 0 Å². The third-order valence-electron chi connectivity index (χ3n) is 3.19. The fourth-order valence-corrected chi connectivity index (χ4v) is 4.08. The molecule has 0 spiro atoms. The van der Waals surface area contributed by atoms with Gasteiger partial charge in [0.2, 0.25) is 0 Å². The summed E-state index contributed by atoms with van der Waals surface area (Å²) in [4.78, 5) is 19.4. The van der Waals surface area contributed by atoms with E-state index in [9.17, 15) is 4.79 Å². The Morgan fingerprint density at radius 2 is 2.04 bits per heavy atom. The quantitative estimate of drug-likeness (QED) is 0.328. The second kappa shape index (κ2) is 7.76. The van der Waals surface area contributed by atoms with Crippen LogP contribution in [0.3, 0.4) is 0 Å². The van der Waals surface area contributed by atoms with Crippen LogP contribution in [0.15, 0.2) is 53.6 Å². The number of furan rings is 1. The largest absolute Gasteiger partial charge is 0.450 e. The van der Waals surface area contributed by atoms with Gasteiger partial charge in [-0.15, -0.1) is 0 Å².